The first-order valence-corrected chi connectivity index (χ1v) is 7.47. The Balaban J connectivity index is 2.83. The predicted octanol–water partition coefficient (Wildman–Crippen LogP) is -0.661. The fraction of sp³-hybridized carbons (Fsp3) is 0.800. The highest BCUT2D eigenvalue weighted by molar-refractivity contribution is 7.88. The molecular formula is C10H17FN2O5S. The fourth-order valence-electron chi connectivity index (χ4n) is 2.02. The zero-order valence-electron chi connectivity index (χ0n) is 10.9. The van der Waals surface area contributed by atoms with Crippen LogP contribution < -0.4 is 4.72 Å². The van der Waals surface area contributed by atoms with Gasteiger partial charge in [-0.3, -0.25) is 4.79 Å². The summed E-state index contributed by atoms with van der Waals surface area (Å²) in [5.41, 5.74) is -3.91. The van der Waals surface area contributed by atoms with Crippen molar-refractivity contribution in [3.05, 3.63) is 0 Å². The number of nitrogens with one attached hydrogen (secondary N) is 1. The molecule has 1 aliphatic rings. The standard InChI is InChI=1S/C10H17FN2O5S/c1-9(2,12-19(3,17)18)7(14)13-5-4-10(11,6-13)8(15)16/h12H,4-6H2,1-3H3,(H,15,16). The number of carbonyl (C=O) groups excluding carboxylic acids is 1. The minimum Gasteiger partial charge on any atom is -0.479 e. The van der Waals surface area contributed by atoms with Crippen molar-refractivity contribution in [2.24, 2.45) is 0 Å². The van der Waals surface area contributed by atoms with E-state index in [1.165, 1.54) is 13.8 Å². The second-order valence-corrected chi connectivity index (χ2v) is 6.99. The molecule has 1 atom stereocenters. The lowest BCUT2D eigenvalue weighted by Crippen LogP contribution is -2.55. The Labute approximate surface area is 110 Å². The monoisotopic (exact) mass is 296 g/mol. The maximum absolute atomic E-state index is 13.8. The summed E-state index contributed by atoms with van der Waals surface area (Å²) in [4.78, 5) is 23.9. The van der Waals surface area contributed by atoms with Gasteiger partial charge in [0.05, 0.1) is 12.8 Å². The second kappa shape index (κ2) is 4.71. The SMILES string of the molecule is CC(C)(NS(C)(=O)=O)C(=O)N1CCC(F)(C(=O)O)C1. The summed E-state index contributed by atoms with van der Waals surface area (Å²) in [5.74, 6) is -2.27. The number of hydrogen-bond acceptors (Lipinski definition) is 4. The van der Waals surface area contributed by atoms with E-state index in [-0.39, 0.29) is 13.0 Å². The number of hydrogen-bond donors (Lipinski definition) is 2. The van der Waals surface area contributed by atoms with Gasteiger partial charge in [0.2, 0.25) is 21.6 Å². The predicted molar refractivity (Wildman–Crippen MR) is 64.7 cm³/mol. The van der Waals surface area contributed by atoms with Crippen LogP contribution in [0.1, 0.15) is 20.3 Å². The molecule has 0 saturated carbocycles. The van der Waals surface area contributed by atoms with Crippen LogP contribution in [0.15, 0.2) is 0 Å². The molecule has 0 aromatic carbocycles. The molecule has 0 bridgehead atoms. The zero-order chi connectivity index (χ0) is 15.1. The molecular weight excluding hydrogens is 279 g/mol. The number of halogens is 1. The molecule has 0 aromatic heterocycles. The van der Waals surface area contributed by atoms with Crippen molar-refractivity contribution in [3.8, 4) is 0 Å². The van der Waals surface area contributed by atoms with Gasteiger partial charge in [0.15, 0.2) is 0 Å². The van der Waals surface area contributed by atoms with Crippen LogP contribution in [0.5, 0.6) is 0 Å². The summed E-state index contributed by atoms with van der Waals surface area (Å²) < 4.78 is 38.3. The number of amides is 1. The molecule has 19 heavy (non-hydrogen) atoms. The largest absolute Gasteiger partial charge is 0.479 e. The van der Waals surface area contributed by atoms with E-state index < -0.39 is 39.7 Å². The minimum absolute atomic E-state index is 0.0590. The molecule has 9 heteroatoms. The van der Waals surface area contributed by atoms with Crippen molar-refractivity contribution in [2.45, 2.75) is 31.5 Å². The Kier molecular flexibility index (Phi) is 3.93. The van der Waals surface area contributed by atoms with Crippen molar-refractivity contribution in [2.75, 3.05) is 19.3 Å². The third kappa shape index (κ3) is 3.63. The van der Waals surface area contributed by atoms with Gasteiger partial charge in [0, 0.05) is 13.0 Å². The third-order valence-electron chi connectivity index (χ3n) is 2.87. The molecule has 2 N–H and O–H groups in total. The van der Waals surface area contributed by atoms with E-state index in [1.807, 2.05) is 0 Å². The Morgan fingerprint density at radius 3 is 2.32 bits per heavy atom. The first-order valence-electron chi connectivity index (χ1n) is 5.58. The number of likely N-dealkylation sites (tertiary alicyclic amines) is 1. The lowest BCUT2D eigenvalue weighted by Gasteiger charge is -2.29. The van der Waals surface area contributed by atoms with Gasteiger partial charge in [-0.05, 0) is 13.8 Å². The van der Waals surface area contributed by atoms with Crippen LogP contribution in [-0.4, -0.2) is 60.9 Å². The zero-order valence-corrected chi connectivity index (χ0v) is 11.8. The van der Waals surface area contributed by atoms with Crippen molar-refractivity contribution < 1.29 is 27.5 Å². The average molecular weight is 296 g/mol. The van der Waals surface area contributed by atoms with Gasteiger partial charge in [-0.25, -0.2) is 22.3 Å². The van der Waals surface area contributed by atoms with Gasteiger partial charge in [0.25, 0.3) is 0 Å². The van der Waals surface area contributed by atoms with Crippen molar-refractivity contribution in [1.29, 1.82) is 0 Å². The molecule has 1 amide bonds. The van der Waals surface area contributed by atoms with E-state index in [1.54, 1.807) is 0 Å². The fourth-order valence-corrected chi connectivity index (χ4v) is 3.04. The summed E-state index contributed by atoms with van der Waals surface area (Å²) in [5, 5.41) is 8.74. The van der Waals surface area contributed by atoms with Gasteiger partial charge in [-0.1, -0.05) is 0 Å². The van der Waals surface area contributed by atoms with Gasteiger partial charge >= 0.3 is 5.97 Å². The van der Waals surface area contributed by atoms with Gasteiger partial charge in [-0.15, -0.1) is 0 Å². The molecule has 110 valence electrons. The van der Waals surface area contributed by atoms with Crippen molar-refractivity contribution in [3.63, 3.8) is 0 Å². The first kappa shape index (κ1) is 15.8. The molecule has 0 aliphatic carbocycles. The minimum atomic E-state index is -3.61. The smallest absolute Gasteiger partial charge is 0.343 e. The van der Waals surface area contributed by atoms with Crippen LogP contribution in [0, 0.1) is 0 Å². The van der Waals surface area contributed by atoms with Gasteiger partial charge in [-0.2, -0.15) is 0 Å². The Hall–Kier alpha value is -1.22. The van der Waals surface area contributed by atoms with E-state index in [9.17, 15) is 22.4 Å². The normalized spacial score (nSPS) is 24.5. The highest BCUT2D eigenvalue weighted by Crippen LogP contribution is 2.27. The summed E-state index contributed by atoms with van der Waals surface area (Å²) in [6, 6.07) is 0. The number of alkyl halides is 1. The lowest BCUT2D eigenvalue weighted by atomic mass is 10.1. The number of carboxylic acids is 1. The molecule has 1 fully saturated rings. The Bertz CT molecular complexity index is 504. The number of rotatable bonds is 4. The van der Waals surface area contributed by atoms with E-state index in [0.717, 1.165) is 11.2 Å². The maximum Gasteiger partial charge on any atom is 0.343 e. The molecule has 1 unspecified atom stereocenters. The second-order valence-electron chi connectivity index (χ2n) is 5.25. The molecule has 1 rings (SSSR count). The maximum atomic E-state index is 13.8. The van der Waals surface area contributed by atoms with Gasteiger partial charge in [0.1, 0.15) is 5.54 Å². The van der Waals surface area contributed by atoms with Gasteiger partial charge < -0.3 is 10.0 Å². The van der Waals surface area contributed by atoms with Crippen molar-refractivity contribution >= 4 is 21.9 Å². The van der Waals surface area contributed by atoms with Crippen LogP contribution in [-0.2, 0) is 19.6 Å². The van der Waals surface area contributed by atoms with Crippen LogP contribution >= 0.6 is 0 Å². The molecule has 1 saturated heterocycles. The van der Waals surface area contributed by atoms with Crippen LogP contribution in [0.25, 0.3) is 0 Å². The topological polar surface area (TPSA) is 104 Å². The number of nitrogens with zero attached hydrogens (tertiary/aromatic N) is 1. The highest BCUT2D eigenvalue weighted by Gasteiger charge is 2.49. The van der Waals surface area contributed by atoms with E-state index >= 15 is 0 Å². The summed E-state index contributed by atoms with van der Waals surface area (Å²) >= 11 is 0. The third-order valence-corrected chi connectivity index (χ3v) is 3.75. The Morgan fingerprint density at radius 1 is 1.42 bits per heavy atom. The molecule has 7 nitrogen and oxygen atoms in total. The van der Waals surface area contributed by atoms with Crippen LogP contribution in [0.4, 0.5) is 4.39 Å². The summed E-state index contributed by atoms with van der Waals surface area (Å²) in [6.07, 6.45) is 0.603. The quantitative estimate of drug-likeness (QED) is 0.716. The average Bonchev–Trinajstić information content (AvgIpc) is 2.57. The first-order chi connectivity index (χ1) is 8.37. The molecule has 1 heterocycles. The van der Waals surface area contributed by atoms with E-state index in [2.05, 4.69) is 4.72 Å². The molecule has 1 aliphatic heterocycles. The summed E-state index contributed by atoms with van der Waals surface area (Å²) in [6.45, 7) is 2.05. The Morgan fingerprint density at radius 2 is 1.95 bits per heavy atom. The van der Waals surface area contributed by atoms with E-state index in [4.69, 9.17) is 5.11 Å². The van der Waals surface area contributed by atoms with Crippen LogP contribution in [0.2, 0.25) is 0 Å². The number of aliphatic carboxylic acids is 1. The number of sulfonamides is 1. The molecule has 0 radical (unpaired) electrons. The van der Waals surface area contributed by atoms with E-state index in [0.29, 0.717) is 0 Å². The number of carbonyl (C=O) groups is 2. The van der Waals surface area contributed by atoms with Crippen molar-refractivity contribution in [1.82, 2.24) is 9.62 Å². The molecule has 0 spiro atoms. The summed E-state index contributed by atoms with van der Waals surface area (Å²) in [7, 11) is -3.61. The molecule has 0 aromatic rings. The number of carboxylic acid groups (broad SMARTS) is 1. The highest BCUT2D eigenvalue weighted by atomic mass is 32.2. The lowest BCUT2D eigenvalue weighted by molar-refractivity contribution is -0.150. The van der Waals surface area contributed by atoms with Crippen LogP contribution in [0.3, 0.4) is 0 Å².